The molecule has 0 saturated carbocycles. The van der Waals surface area contributed by atoms with Gasteiger partial charge in [0.15, 0.2) is 11.6 Å². The molecule has 0 amide bonds. The molecule has 0 heterocycles. The van der Waals surface area contributed by atoms with Crippen LogP contribution < -0.4 is 0 Å². The molecule has 18 heavy (non-hydrogen) atoms. The summed E-state index contributed by atoms with van der Waals surface area (Å²) in [6.45, 7) is 3.53. The molecule has 1 aliphatic rings. The van der Waals surface area contributed by atoms with Crippen molar-refractivity contribution in [3.63, 3.8) is 0 Å². The number of phenols is 1. The number of carbonyl (C=O) groups excluding carboxylic acids is 2. The molecule has 1 N–H and O–H groups in total. The smallest absolute Gasteiger partial charge is 0.190 e. The van der Waals surface area contributed by atoms with Gasteiger partial charge in [-0.1, -0.05) is 36.9 Å². The van der Waals surface area contributed by atoms with Gasteiger partial charge in [-0.25, -0.2) is 0 Å². The fraction of sp³-hybridized carbons (Fsp3) is 0.0667. The third kappa shape index (κ3) is 2.02. The van der Waals surface area contributed by atoms with Crippen molar-refractivity contribution in [3.8, 4) is 5.75 Å². The average Bonchev–Trinajstić information content (AvgIpc) is 2.35. The maximum Gasteiger partial charge on any atom is 0.190 e. The van der Waals surface area contributed by atoms with Crippen LogP contribution in [0.1, 0.15) is 27.1 Å². The number of benzene rings is 1. The van der Waals surface area contributed by atoms with Crippen molar-refractivity contribution >= 4 is 11.6 Å². The number of carbonyl (C=O) groups is 2. The number of hydrogen-bond acceptors (Lipinski definition) is 3. The lowest BCUT2D eigenvalue weighted by molar-refractivity contribution is 0.0980. The summed E-state index contributed by atoms with van der Waals surface area (Å²) in [4.78, 5) is 24.0. The Morgan fingerprint density at radius 1 is 1.28 bits per heavy atom. The first-order valence-corrected chi connectivity index (χ1v) is 5.54. The maximum absolute atomic E-state index is 12.1. The van der Waals surface area contributed by atoms with E-state index >= 15 is 0 Å². The fourth-order valence-electron chi connectivity index (χ4n) is 1.90. The quantitative estimate of drug-likeness (QED) is 0.826. The first kappa shape index (κ1) is 12.0. The molecule has 1 aliphatic carbocycles. The molecule has 0 aromatic heterocycles. The van der Waals surface area contributed by atoms with Gasteiger partial charge >= 0.3 is 0 Å². The normalized spacial score (nSPS) is 14.6. The largest absolute Gasteiger partial charge is 0.507 e. The zero-order chi connectivity index (χ0) is 13.1. The Morgan fingerprint density at radius 3 is 2.78 bits per heavy atom. The van der Waals surface area contributed by atoms with Crippen molar-refractivity contribution < 1.29 is 14.7 Å². The molecule has 0 atom stereocenters. The highest BCUT2D eigenvalue weighted by molar-refractivity contribution is 6.25. The summed E-state index contributed by atoms with van der Waals surface area (Å²) in [5.74, 6) is -0.693. The zero-order valence-electron chi connectivity index (χ0n) is 9.72. The molecular weight excluding hydrogens is 228 g/mol. The van der Waals surface area contributed by atoms with Crippen LogP contribution in [0, 0.1) is 0 Å². The standard InChI is InChI=1S/C15H12O3/c1-2-3-4-6-10-9-13(17)14-11(15(10)18)7-5-8-12(14)16/h2-5,7-9,16H,1,6H2/b4-3+. The van der Waals surface area contributed by atoms with Crippen molar-refractivity contribution in [1.82, 2.24) is 0 Å². The van der Waals surface area contributed by atoms with Crippen LogP contribution in [0.2, 0.25) is 0 Å². The van der Waals surface area contributed by atoms with Gasteiger partial charge < -0.3 is 5.11 Å². The van der Waals surface area contributed by atoms with E-state index in [1.165, 1.54) is 12.1 Å². The van der Waals surface area contributed by atoms with Crippen molar-refractivity contribution in [2.75, 3.05) is 0 Å². The molecule has 3 heteroatoms. The number of ketones is 2. The summed E-state index contributed by atoms with van der Waals surface area (Å²) in [6, 6.07) is 4.52. The lowest BCUT2D eigenvalue weighted by Gasteiger charge is -2.14. The molecule has 0 aliphatic heterocycles. The number of hydrogen-bond donors (Lipinski definition) is 1. The Morgan fingerprint density at radius 2 is 2.06 bits per heavy atom. The molecule has 0 radical (unpaired) electrons. The second-order valence-electron chi connectivity index (χ2n) is 3.93. The molecule has 3 nitrogen and oxygen atoms in total. The highest BCUT2D eigenvalue weighted by Gasteiger charge is 2.26. The number of fused-ring (bicyclic) bond motifs is 1. The number of allylic oxidation sites excluding steroid dienone is 5. The van der Waals surface area contributed by atoms with E-state index in [-0.39, 0.29) is 28.4 Å². The van der Waals surface area contributed by atoms with Crippen LogP contribution in [0.15, 0.2) is 54.7 Å². The molecule has 1 aromatic rings. The van der Waals surface area contributed by atoms with Crippen molar-refractivity contribution in [2.45, 2.75) is 6.42 Å². The molecule has 0 fully saturated rings. The number of rotatable bonds is 3. The Hall–Kier alpha value is -2.42. The van der Waals surface area contributed by atoms with Crippen molar-refractivity contribution in [2.24, 2.45) is 0 Å². The molecule has 90 valence electrons. The van der Waals surface area contributed by atoms with E-state index in [1.54, 1.807) is 30.4 Å². The van der Waals surface area contributed by atoms with Crippen molar-refractivity contribution in [3.05, 3.63) is 65.8 Å². The van der Waals surface area contributed by atoms with E-state index in [4.69, 9.17) is 0 Å². The highest BCUT2D eigenvalue weighted by atomic mass is 16.3. The number of aromatic hydroxyl groups is 1. The first-order valence-electron chi connectivity index (χ1n) is 5.54. The molecule has 1 aromatic carbocycles. The average molecular weight is 240 g/mol. The minimum Gasteiger partial charge on any atom is -0.507 e. The monoisotopic (exact) mass is 240 g/mol. The van der Waals surface area contributed by atoms with Crippen LogP contribution in [0.25, 0.3) is 0 Å². The van der Waals surface area contributed by atoms with E-state index in [0.717, 1.165) is 0 Å². The predicted octanol–water partition coefficient (Wildman–Crippen LogP) is 2.83. The predicted molar refractivity (Wildman–Crippen MR) is 68.8 cm³/mol. The van der Waals surface area contributed by atoms with Gasteiger partial charge in [0.1, 0.15) is 5.75 Å². The fourth-order valence-corrected chi connectivity index (χ4v) is 1.90. The van der Waals surface area contributed by atoms with Gasteiger partial charge in [0.25, 0.3) is 0 Å². The van der Waals surface area contributed by atoms with Gasteiger partial charge in [-0.3, -0.25) is 9.59 Å². The molecule has 0 unspecified atom stereocenters. The molecule has 0 saturated heterocycles. The van der Waals surface area contributed by atoms with Crippen LogP contribution in [0.5, 0.6) is 5.75 Å². The zero-order valence-corrected chi connectivity index (χ0v) is 9.72. The minimum atomic E-state index is -0.329. The Bertz CT molecular complexity index is 592. The number of Topliss-reactive ketones (excluding diaryl/α,β-unsaturated/α-hetero) is 1. The van der Waals surface area contributed by atoms with E-state index in [1.807, 2.05) is 0 Å². The Balaban J connectivity index is 2.41. The summed E-state index contributed by atoms with van der Waals surface area (Å²) in [6.07, 6.45) is 6.76. The SMILES string of the molecule is C=C/C=C/CC1=CC(=O)c2c(O)cccc2C1=O. The molecular formula is C15H12O3. The molecule has 0 bridgehead atoms. The van der Waals surface area contributed by atoms with E-state index in [2.05, 4.69) is 6.58 Å². The minimum absolute atomic E-state index is 0.0963. The third-order valence-corrected chi connectivity index (χ3v) is 2.74. The topological polar surface area (TPSA) is 54.4 Å². The Kier molecular flexibility index (Phi) is 3.24. The summed E-state index contributed by atoms with van der Waals surface area (Å²) in [5, 5.41) is 9.62. The lowest BCUT2D eigenvalue weighted by atomic mass is 9.87. The van der Waals surface area contributed by atoms with E-state index < -0.39 is 0 Å². The van der Waals surface area contributed by atoms with Crippen molar-refractivity contribution in [1.29, 1.82) is 0 Å². The van der Waals surface area contributed by atoms with Crippen LogP contribution >= 0.6 is 0 Å². The van der Waals surface area contributed by atoms with Crippen LogP contribution in [0.4, 0.5) is 0 Å². The summed E-state index contributed by atoms with van der Waals surface area (Å²) >= 11 is 0. The maximum atomic E-state index is 12.1. The number of phenolic OH excluding ortho intramolecular Hbond substituents is 1. The second kappa shape index (κ2) is 4.84. The van der Waals surface area contributed by atoms with Gasteiger partial charge in [-0.05, 0) is 18.6 Å². The summed E-state index contributed by atoms with van der Waals surface area (Å²) < 4.78 is 0. The summed E-state index contributed by atoms with van der Waals surface area (Å²) in [5.41, 5.74) is 0.791. The van der Waals surface area contributed by atoms with Gasteiger partial charge in [-0.2, -0.15) is 0 Å². The van der Waals surface area contributed by atoms with Crippen LogP contribution in [-0.4, -0.2) is 16.7 Å². The van der Waals surface area contributed by atoms with Crippen LogP contribution in [0.3, 0.4) is 0 Å². The van der Waals surface area contributed by atoms with Gasteiger partial charge in [0, 0.05) is 11.1 Å². The Labute approximate surface area is 105 Å². The summed E-state index contributed by atoms with van der Waals surface area (Å²) in [7, 11) is 0. The first-order chi connectivity index (χ1) is 8.65. The molecule has 2 rings (SSSR count). The van der Waals surface area contributed by atoms with Gasteiger partial charge in [-0.15, -0.1) is 0 Å². The highest BCUT2D eigenvalue weighted by Crippen LogP contribution is 2.29. The molecule has 0 spiro atoms. The third-order valence-electron chi connectivity index (χ3n) is 2.74. The second-order valence-corrected chi connectivity index (χ2v) is 3.93. The van der Waals surface area contributed by atoms with Crippen LogP contribution in [-0.2, 0) is 0 Å². The van der Waals surface area contributed by atoms with E-state index in [9.17, 15) is 14.7 Å². The van der Waals surface area contributed by atoms with Gasteiger partial charge in [0.2, 0.25) is 0 Å². The van der Waals surface area contributed by atoms with Gasteiger partial charge in [0.05, 0.1) is 5.56 Å². The van der Waals surface area contributed by atoms with E-state index in [0.29, 0.717) is 12.0 Å². The lowest BCUT2D eigenvalue weighted by Crippen LogP contribution is -2.16.